The third-order valence-electron chi connectivity index (χ3n) is 3.33. The molecule has 1 aromatic carbocycles. The molecular weight excluding hydrogens is 286 g/mol. The highest BCUT2D eigenvalue weighted by atomic mass is 15.4. The fourth-order valence-corrected chi connectivity index (χ4v) is 2.23. The number of aromatic nitrogens is 4. The first kappa shape index (κ1) is 14.5. The van der Waals surface area contributed by atoms with Crippen molar-refractivity contribution in [1.29, 1.82) is 0 Å². The second-order valence-electron chi connectivity index (χ2n) is 4.93. The minimum Gasteiger partial charge on any atom is -0.332 e. The molecule has 3 rings (SSSR count). The molecule has 0 atom stereocenters. The van der Waals surface area contributed by atoms with Crippen LogP contribution in [0, 0.1) is 24.7 Å². The van der Waals surface area contributed by atoms with Gasteiger partial charge in [0.2, 0.25) is 0 Å². The first-order valence-corrected chi connectivity index (χ1v) is 7.08. The molecule has 0 saturated heterocycles. The fraction of sp³-hybridized carbons (Fsp3) is 0.111. The molecule has 0 amide bonds. The Morgan fingerprint density at radius 2 is 1.35 bits per heavy atom. The maximum atomic E-state index is 5.37. The quantitative estimate of drug-likeness (QED) is 0.678. The van der Waals surface area contributed by atoms with Crippen molar-refractivity contribution >= 4 is 5.69 Å². The summed E-state index contributed by atoms with van der Waals surface area (Å²) in [4.78, 5) is 2.13. The highest BCUT2D eigenvalue weighted by Gasteiger charge is 2.09. The van der Waals surface area contributed by atoms with Gasteiger partial charge in [0, 0.05) is 18.1 Å². The maximum absolute atomic E-state index is 5.37. The van der Waals surface area contributed by atoms with Crippen molar-refractivity contribution in [3.8, 4) is 24.7 Å². The van der Waals surface area contributed by atoms with Crippen LogP contribution in [0.25, 0.3) is 0 Å². The average molecular weight is 301 g/mol. The SMILES string of the molecule is C#Cc1ccn(CN(Cn2ccc(C#C)n2)c2ccccc2)n1. The third-order valence-corrected chi connectivity index (χ3v) is 3.33. The van der Waals surface area contributed by atoms with Crippen LogP contribution in [0.3, 0.4) is 0 Å². The van der Waals surface area contributed by atoms with Crippen LogP contribution < -0.4 is 4.90 Å². The van der Waals surface area contributed by atoms with E-state index in [4.69, 9.17) is 12.8 Å². The first-order valence-electron chi connectivity index (χ1n) is 7.08. The Hall–Kier alpha value is -3.44. The Labute approximate surface area is 135 Å². The van der Waals surface area contributed by atoms with E-state index in [9.17, 15) is 0 Å². The molecule has 0 unspecified atom stereocenters. The summed E-state index contributed by atoms with van der Waals surface area (Å²) in [6.07, 6.45) is 14.5. The standard InChI is InChI=1S/C18H15N5/c1-3-16-10-12-22(19-16)14-21(18-8-6-5-7-9-18)15-23-13-11-17(4-2)20-23/h1-2,5-13H,14-15H2. The molecule has 2 aromatic heterocycles. The molecule has 0 saturated carbocycles. The molecule has 5 nitrogen and oxygen atoms in total. The molecule has 112 valence electrons. The highest BCUT2D eigenvalue weighted by molar-refractivity contribution is 5.44. The Morgan fingerprint density at radius 3 is 1.78 bits per heavy atom. The topological polar surface area (TPSA) is 38.9 Å². The van der Waals surface area contributed by atoms with Gasteiger partial charge >= 0.3 is 0 Å². The maximum Gasteiger partial charge on any atom is 0.135 e. The second-order valence-corrected chi connectivity index (χ2v) is 4.93. The van der Waals surface area contributed by atoms with Crippen LogP contribution in [0.4, 0.5) is 5.69 Å². The van der Waals surface area contributed by atoms with Gasteiger partial charge in [-0.25, -0.2) is 0 Å². The number of hydrogen-bond acceptors (Lipinski definition) is 3. The van der Waals surface area contributed by atoms with Crippen LogP contribution in [-0.2, 0) is 13.3 Å². The van der Waals surface area contributed by atoms with Gasteiger partial charge < -0.3 is 4.90 Å². The van der Waals surface area contributed by atoms with Crippen LogP contribution >= 0.6 is 0 Å². The zero-order valence-corrected chi connectivity index (χ0v) is 12.5. The molecule has 0 aliphatic rings. The number of terminal acetylenes is 2. The van der Waals surface area contributed by atoms with Gasteiger partial charge in [-0.1, -0.05) is 18.2 Å². The molecule has 23 heavy (non-hydrogen) atoms. The Bertz CT molecular complexity index is 806. The Morgan fingerprint density at radius 1 is 0.826 bits per heavy atom. The van der Waals surface area contributed by atoms with E-state index in [0.29, 0.717) is 24.7 Å². The van der Waals surface area contributed by atoms with Crippen LogP contribution in [0.5, 0.6) is 0 Å². The fourth-order valence-electron chi connectivity index (χ4n) is 2.23. The molecule has 5 heteroatoms. The lowest BCUT2D eigenvalue weighted by Gasteiger charge is -2.24. The van der Waals surface area contributed by atoms with Crippen LogP contribution in [0.2, 0.25) is 0 Å². The van der Waals surface area contributed by atoms with Crippen molar-refractivity contribution in [3.05, 3.63) is 66.2 Å². The number of anilines is 1. The van der Waals surface area contributed by atoms with E-state index in [1.54, 1.807) is 9.36 Å². The van der Waals surface area contributed by atoms with Crippen molar-refractivity contribution < 1.29 is 0 Å². The Kier molecular flexibility index (Phi) is 4.13. The molecule has 0 N–H and O–H groups in total. The normalized spacial score (nSPS) is 10.0. The summed E-state index contributed by atoms with van der Waals surface area (Å²) >= 11 is 0. The number of para-hydroxylation sites is 1. The lowest BCUT2D eigenvalue weighted by atomic mass is 10.3. The summed E-state index contributed by atoms with van der Waals surface area (Å²) in [5.41, 5.74) is 2.29. The van der Waals surface area contributed by atoms with Crippen molar-refractivity contribution in [2.75, 3.05) is 4.90 Å². The summed E-state index contributed by atoms with van der Waals surface area (Å²) in [5.74, 6) is 5.06. The molecule has 0 fully saturated rings. The number of nitrogens with zero attached hydrogens (tertiary/aromatic N) is 5. The molecule has 2 heterocycles. The van der Waals surface area contributed by atoms with Gasteiger partial charge in [-0.3, -0.25) is 9.36 Å². The van der Waals surface area contributed by atoms with Gasteiger partial charge in [0.05, 0.1) is 0 Å². The summed E-state index contributed by atoms with van der Waals surface area (Å²) in [6, 6.07) is 13.7. The summed E-state index contributed by atoms with van der Waals surface area (Å²) in [5, 5.41) is 8.67. The van der Waals surface area contributed by atoms with Crippen molar-refractivity contribution in [3.63, 3.8) is 0 Å². The average Bonchev–Trinajstić information content (AvgIpc) is 3.24. The molecule has 0 aliphatic carbocycles. The van der Waals surface area contributed by atoms with E-state index in [1.807, 2.05) is 54.9 Å². The van der Waals surface area contributed by atoms with E-state index >= 15 is 0 Å². The van der Waals surface area contributed by atoms with Crippen LogP contribution in [-0.4, -0.2) is 19.6 Å². The largest absolute Gasteiger partial charge is 0.332 e. The molecule has 3 aromatic rings. The van der Waals surface area contributed by atoms with Crippen LogP contribution in [0.15, 0.2) is 54.9 Å². The van der Waals surface area contributed by atoms with Gasteiger partial charge in [0.25, 0.3) is 0 Å². The van der Waals surface area contributed by atoms with Crippen molar-refractivity contribution in [2.45, 2.75) is 13.3 Å². The van der Waals surface area contributed by atoms with E-state index in [-0.39, 0.29) is 0 Å². The lowest BCUT2D eigenvalue weighted by Crippen LogP contribution is -2.29. The Balaban J connectivity index is 1.84. The summed E-state index contributed by atoms with van der Waals surface area (Å²) < 4.78 is 3.60. The minimum atomic E-state index is 0.553. The summed E-state index contributed by atoms with van der Waals surface area (Å²) in [7, 11) is 0. The van der Waals surface area contributed by atoms with E-state index < -0.39 is 0 Å². The van der Waals surface area contributed by atoms with E-state index in [2.05, 4.69) is 26.9 Å². The molecular formula is C18H15N5. The zero-order chi connectivity index (χ0) is 16.1. The minimum absolute atomic E-state index is 0.553. The predicted molar refractivity (Wildman–Crippen MR) is 89.2 cm³/mol. The zero-order valence-electron chi connectivity index (χ0n) is 12.5. The third kappa shape index (κ3) is 3.42. The smallest absolute Gasteiger partial charge is 0.135 e. The predicted octanol–water partition coefficient (Wildman–Crippen LogP) is 2.16. The number of hydrogen-bond donors (Lipinski definition) is 0. The van der Waals surface area contributed by atoms with Crippen molar-refractivity contribution in [2.24, 2.45) is 0 Å². The molecule has 0 bridgehead atoms. The van der Waals surface area contributed by atoms with Gasteiger partial charge in [-0.05, 0) is 36.1 Å². The van der Waals surface area contributed by atoms with Gasteiger partial charge in [0.1, 0.15) is 24.7 Å². The monoisotopic (exact) mass is 301 g/mol. The second kappa shape index (κ2) is 6.55. The van der Waals surface area contributed by atoms with Crippen molar-refractivity contribution in [1.82, 2.24) is 19.6 Å². The number of benzene rings is 1. The lowest BCUT2D eigenvalue weighted by molar-refractivity contribution is 0.498. The summed E-state index contributed by atoms with van der Waals surface area (Å²) in [6.45, 7) is 1.11. The first-order chi connectivity index (χ1) is 11.3. The molecule has 0 aliphatic heterocycles. The molecule has 0 spiro atoms. The molecule has 0 radical (unpaired) electrons. The van der Waals surface area contributed by atoms with Gasteiger partial charge in [0.15, 0.2) is 0 Å². The highest BCUT2D eigenvalue weighted by Crippen LogP contribution is 2.15. The van der Waals surface area contributed by atoms with Gasteiger partial charge in [-0.15, -0.1) is 12.8 Å². The van der Waals surface area contributed by atoms with Crippen LogP contribution in [0.1, 0.15) is 11.4 Å². The van der Waals surface area contributed by atoms with E-state index in [1.165, 1.54) is 0 Å². The van der Waals surface area contributed by atoms with Gasteiger partial charge in [-0.2, -0.15) is 10.2 Å². The number of rotatable bonds is 5. The van der Waals surface area contributed by atoms with E-state index in [0.717, 1.165) is 5.69 Å².